The van der Waals surface area contributed by atoms with Gasteiger partial charge < -0.3 is 9.80 Å². The van der Waals surface area contributed by atoms with Crippen molar-refractivity contribution in [3.05, 3.63) is 47.7 Å². The molecule has 0 aromatic carbocycles. The van der Waals surface area contributed by atoms with Crippen LogP contribution in [0.1, 0.15) is 17.1 Å². The van der Waals surface area contributed by atoms with Gasteiger partial charge in [0.1, 0.15) is 5.82 Å². The number of hydrogen-bond donors (Lipinski definition) is 0. The highest BCUT2D eigenvalue weighted by Gasteiger charge is 2.21. The fourth-order valence-corrected chi connectivity index (χ4v) is 3.32. The Morgan fingerprint density at radius 1 is 0.808 bits per heavy atom. The average molecular weight is 350 g/mol. The lowest BCUT2D eigenvalue weighted by molar-refractivity contribution is 0.633. The van der Waals surface area contributed by atoms with E-state index in [-0.39, 0.29) is 0 Å². The number of piperazine rings is 1. The summed E-state index contributed by atoms with van der Waals surface area (Å²) in [5.74, 6) is 2.61. The lowest BCUT2D eigenvalue weighted by atomic mass is 10.3. The average Bonchev–Trinajstić information content (AvgIpc) is 3.01. The maximum absolute atomic E-state index is 4.46. The van der Waals surface area contributed by atoms with E-state index < -0.39 is 0 Å². The summed E-state index contributed by atoms with van der Waals surface area (Å²) in [6, 6.07) is 6.02. The molecule has 3 aromatic rings. The molecule has 0 radical (unpaired) electrons. The molecule has 0 amide bonds. The van der Waals surface area contributed by atoms with Crippen molar-refractivity contribution < 1.29 is 0 Å². The molecule has 0 atom stereocenters. The number of nitrogens with zero attached hydrogens (tertiary/aromatic N) is 8. The monoisotopic (exact) mass is 350 g/mol. The van der Waals surface area contributed by atoms with E-state index in [9.17, 15) is 0 Å². The van der Waals surface area contributed by atoms with Crippen LogP contribution in [0.15, 0.2) is 30.6 Å². The summed E-state index contributed by atoms with van der Waals surface area (Å²) in [5, 5.41) is 13.2. The second-order valence-electron chi connectivity index (χ2n) is 6.53. The van der Waals surface area contributed by atoms with Gasteiger partial charge in [0, 0.05) is 44.3 Å². The molecule has 0 bridgehead atoms. The Morgan fingerprint density at radius 3 is 2.08 bits per heavy atom. The third kappa shape index (κ3) is 3.10. The first-order valence-electron chi connectivity index (χ1n) is 8.77. The van der Waals surface area contributed by atoms with Crippen LogP contribution in [0, 0.1) is 20.8 Å². The fraction of sp³-hybridized carbons (Fsp3) is 0.389. The first kappa shape index (κ1) is 16.4. The van der Waals surface area contributed by atoms with Crippen LogP contribution < -0.4 is 9.80 Å². The predicted octanol–water partition coefficient (Wildman–Crippen LogP) is 1.70. The zero-order valence-electron chi connectivity index (χ0n) is 15.3. The Balaban J connectivity index is 1.45. The van der Waals surface area contributed by atoms with E-state index in [4.69, 9.17) is 0 Å². The van der Waals surface area contributed by atoms with E-state index in [2.05, 4.69) is 35.1 Å². The Morgan fingerprint density at radius 2 is 1.46 bits per heavy atom. The van der Waals surface area contributed by atoms with Crippen LogP contribution in [0.4, 0.5) is 11.6 Å². The van der Waals surface area contributed by atoms with E-state index in [0.717, 1.165) is 60.7 Å². The van der Waals surface area contributed by atoms with Crippen LogP contribution in [0.5, 0.6) is 0 Å². The third-order valence-electron chi connectivity index (χ3n) is 4.62. The highest BCUT2D eigenvalue weighted by Crippen LogP contribution is 2.19. The van der Waals surface area contributed by atoms with Crippen molar-refractivity contribution in [1.82, 2.24) is 29.9 Å². The highest BCUT2D eigenvalue weighted by molar-refractivity contribution is 5.47. The number of anilines is 2. The first-order valence-corrected chi connectivity index (χ1v) is 8.77. The van der Waals surface area contributed by atoms with Gasteiger partial charge >= 0.3 is 0 Å². The molecule has 4 rings (SSSR count). The van der Waals surface area contributed by atoms with Gasteiger partial charge in [-0.15, -0.1) is 10.2 Å². The fourth-order valence-electron chi connectivity index (χ4n) is 3.32. The molecule has 4 heterocycles. The Hall–Kier alpha value is -3.03. The zero-order chi connectivity index (χ0) is 18.1. The molecule has 0 spiro atoms. The Labute approximate surface area is 152 Å². The van der Waals surface area contributed by atoms with Crippen molar-refractivity contribution in [2.45, 2.75) is 20.8 Å². The van der Waals surface area contributed by atoms with Gasteiger partial charge in [-0.05, 0) is 39.0 Å². The molecule has 8 nitrogen and oxygen atoms in total. The standard InChI is InChI=1S/C18H22N8/c1-13-12-14(2)26(23-13)17-5-4-16(21-22-17)24-8-10-25(11-9-24)18-15(3)19-6-7-20-18/h4-7,12H,8-11H2,1-3H3. The lowest BCUT2D eigenvalue weighted by Gasteiger charge is -2.36. The summed E-state index contributed by atoms with van der Waals surface area (Å²) in [6.07, 6.45) is 3.48. The smallest absolute Gasteiger partial charge is 0.176 e. The maximum atomic E-state index is 4.46. The zero-order valence-corrected chi connectivity index (χ0v) is 15.3. The van der Waals surface area contributed by atoms with Crippen molar-refractivity contribution in [1.29, 1.82) is 0 Å². The predicted molar refractivity (Wildman–Crippen MR) is 99.8 cm³/mol. The summed E-state index contributed by atoms with van der Waals surface area (Å²) in [4.78, 5) is 13.3. The summed E-state index contributed by atoms with van der Waals surface area (Å²) < 4.78 is 1.82. The molecule has 26 heavy (non-hydrogen) atoms. The van der Waals surface area contributed by atoms with Gasteiger partial charge in [0.05, 0.1) is 11.4 Å². The molecule has 1 aliphatic heterocycles. The van der Waals surface area contributed by atoms with Gasteiger partial charge in [-0.25, -0.2) is 9.67 Å². The van der Waals surface area contributed by atoms with Crippen LogP contribution in [-0.2, 0) is 0 Å². The second kappa shape index (κ2) is 6.70. The van der Waals surface area contributed by atoms with Gasteiger partial charge in [-0.1, -0.05) is 0 Å². The lowest BCUT2D eigenvalue weighted by Crippen LogP contribution is -2.47. The van der Waals surface area contributed by atoms with E-state index in [1.54, 1.807) is 12.4 Å². The minimum atomic E-state index is 0.744. The topological polar surface area (TPSA) is 75.9 Å². The Bertz CT molecular complexity index is 894. The SMILES string of the molecule is Cc1cc(C)n(-c2ccc(N3CCN(c4nccnc4C)CC3)nn2)n1. The maximum Gasteiger partial charge on any atom is 0.176 e. The van der Waals surface area contributed by atoms with Crippen LogP contribution in [0.3, 0.4) is 0 Å². The molecule has 0 aliphatic carbocycles. The van der Waals surface area contributed by atoms with Crippen LogP contribution in [0.2, 0.25) is 0 Å². The number of hydrogen-bond acceptors (Lipinski definition) is 7. The summed E-state index contributed by atoms with van der Waals surface area (Å²) in [5.41, 5.74) is 3.00. The molecular weight excluding hydrogens is 328 g/mol. The van der Waals surface area contributed by atoms with Gasteiger partial charge in [-0.3, -0.25) is 4.98 Å². The van der Waals surface area contributed by atoms with Gasteiger partial charge in [0.2, 0.25) is 0 Å². The number of rotatable bonds is 3. The second-order valence-corrected chi connectivity index (χ2v) is 6.53. The molecule has 1 fully saturated rings. The molecule has 0 unspecified atom stereocenters. The molecule has 0 N–H and O–H groups in total. The van der Waals surface area contributed by atoms with Gasteiger partial charge in [0.25, 0.3) is 0 Å². The van der Waals surface area contributed by atoms with Crippen molar-refractivity contribution >= 4 is 11.6 Å². The van der Waals surface area contributed by atoms with Crippen molar-refractivity contribution in [3.63, 3.8) is 0 Å². The van der Waals surface area contributed by atoms with E-state index in [1.165, 1.54) is 0 Å². The molecule has 3 aromatic heterocycles. The van der Waals surface area contributed by atoms with Crippen LogP contribution in [0.25, 0.3) is 5.82 Å². The van der Waals surface area contributed by atoms with E-state index >= 15 is 0 Å². The van der Waals surface area contributed by atoms with Crippen LogP contribution >= 0.6 is 0 Å². The molecular formula is C18H22N8. The number of aryl methyl sites for hydroxylation is 3. The first-order chi connectivity index (χ1) is 12.6. The molecule has 0 saturated carbocycles. The van der Waals surface area contributed by atoms with Crippen molar-refractivity contribution in [2.75, 3.05) is 36.0 Å². The van der Waals surface area contributed by atoms with Gasteiger partial charge in [0.15, 0.2) is 11.6 Å². The molecule has 1 saturated heterocycles. The van der Waals surface area contributed by atoms with Crippen molar-refractivity contribution in [3.8, 4) is 5.82 Å². The summed E-state index contributed by atoms with van der Waals surface area (Å²) in [7, 11) is 0. The minimum absolute atomic E-state index is 0.744. The van der Waals surface area contributed by atoms with Crippen molar-refractivity contribution in [2.24, 2.45) is 0 Å². The van der Waals surface area contributed by atoms with E-state index in [0.29, 0.717) is 0 Å². The largest absolute Gasteiger partial charge is 0.352 e. The minimum Gasteiger partial charge on any atom is -0.352 e. The third-order valence-corrected chi connectivity index (χ3v) is 4.62. The molecule has 134 valence electrons. The van der Waals surface area contributed by atoms with Crippen LogP contribution in [-0.4, -0.2) is 56.1 Å². The Kier molecular flexibility index (Phi) is 4.24. The quantitative estimate of drug-likeness (QED) is 0.711. The van der Waals surface area contributed by atoms with E-state index in [1.807, 2.05) is 43.7 Å². The number of aromatic nitrogens is 6. The molecule has 8 heteroatoms. The van der Waals surface area contributed by atoms with Gasteiger partial charge in [-0.2, -0.15) is 5.10 Å². The normalized spacial score (nSPS) is 14.7. The summed E-state index contributed by atoms with van der Waals surface area (Å²) in [6.45, 7) is 9.53. The summed E-state index contributed by atoms with van der Waals surface area (Å²) >= 11 is 0. The highest BCUT2D eigenvalue weighted by atomic mass is 15.4. The molecule has 1 aliphatic rings.